The average molecular weight is 415 g/mol. The molecule has 0 radical (unpaired) electrons. The van der Waals surface area contributed by atoms with Crippen LogP contribution in [0.4, 0.5) is 15.8 Å². The summed E-state index contributed by atoms with van der Waals surface area (Å²) in [6, 6.07) is 12.1. The number of nitrogens with one attached hydrogen (secondary N) is 1. The number of halogens is 1. The molecular weight excluding hydrogens is 391 g/mol. The van der Waals surface area contributed by atoms with Crippen molar-refractivity contribution >= 4 is 38.8 Å². The quantitative estimate of drug-likeness (QED) is 0.698. The lowest BCUT2D eigenvalue weighted by Gasteiger charge is -2.36. The van der Waals surface area contributed by atoms with Gasteiger partial charge in [-0.15, -0.1) is 0 Å². The maximum Gasteiger partial charge on any atom is 0.307 e. The minimum atomic E-state index is -0.223. The highest BCUT2D eigenvalue weighted by molar-refractivity contribution is 7.16. The molecule has 3 aromatic rings. The summed E-state index contributed by atoms with van der Waals surface area (Å²) in [5.41, 5.74) is 2.62. The van der Waals surface area contributed by atoms with Crippen molar-refractivity contribution in [2.24, 2.45) is 7.05 Å². The number of aromatic nitrogens is 1. The maximum atomic E-state index is 13.1. The summed E-state index contributed by atoms with van der Waals surface area (Å²) in [6.45, 7) is 4.15. The standard InChI is InChI=1S/C21H23FN4O2S/c1-24-18-7-4-16(14-19(18)29-21(24)28)23-20(27)8-9-25-10-12-26(13-11-25)17-5-2-15(22)3-6-17/h2-7,14H,8-13H2,1H3,(H,23,27). The molecule has 1 fully saturated rings. The number of piperazine rings is 1. The lowest BCUT2D eigenvalue weighted by atomic mass is 10.2. The Morgan fingerprint density at radius 3 is 2.55 bits per heavy atom. The topological polar surface area (TPSA) is 57.6 Å². The van der Waals surface area contributed by atoms with Gasteiger partial charge in [-0.3, -0.25) is 14.5 Å². The van der Waals surface area contributed by atoms with Crippen LogP contribution >= 0.6 is 11.3 Å². The number of rotatable bonds is 5. The molecule has 6 nitrogen and oxygen atoms in total. The second kappa shape index (κ2) is 8.34. The zero-order chi connectivity index (χ0) is 20.4. The van der Waals surface area contributed by atoms with Crippen LogP contribution in [0.5, 0.6) is 0 Å². The van der Waals surface area contributed by atoms with Gasteiger partial charge >= 0.3 is 4.87 Å². The van der Waals surface area contributed by atoms with E-state index in [4.69, 9.17) is 0 Å². The van der Waals surface area contributed by atoms with Crippen LogP contribution in [0.25, 0.3) is 10.2 Å². The van der Waals surface area contributed by atoms with E-state index in [2.05, 4.69) is 15.1 Å². The molecule has 4 rings (SSSR count). The number of carbonyl (C=O) groups excluding carboxylic acids is 1. The van der Waals surface area contributed by atoms with Crippen molar-refractivity contribution in [3.63, 3.8) is 0 Å². The molecule has 0 bridgehead atoms. The first-order chi connectivity index (χ1) is 14.0. The minimum absolute atomic E-state index is 0.0109. The first kappa shape index (κ1) is 19.6. The molecule has 0 unspecified atom stereocenters. The van der Waals surface area contributed by atoms with Gasteiger partial charge in [-0.1, -0.05) is 11.3 Å². The summed E-state index contributed by atoms with van der Waals surface area (Å²) in [6.07, 6.45) is 0.416. The van der Waals surface area contributed by atoms with Crippen LogP contribution in [-0.4, -0.2) is 48.1 Å². The highest BCUT2D eigenvalue weighted by Crippen LogP contribution is 2.21. The number of anilines is 2. The Bertz CT molecular complexity index is 1070. The van der Waals surface area contributed by atoms with Crippen LogP contribution < -0.4 is 15.1 Å². The van der Waals surface area contributed by atoms with E-state index in [1.165, 1.54) is 23.5 Å². The second-order valence-corrected chi connectivity index (χ2v) is 8.21. The fourth-order valence-corrected chi connectivity index (χ4v) is 4.50. The molecule has 152 valence electrons. The Morgan fingerprint density at radius 1 is 1.10 bits per heavy atom. The number of fused-ring (bicyclic) bond motifs is 1. The molecule has 1 aliphatic rings. The molecule has 0 atom stereocenters. The molecule has 2 heterocycles. The normalized spacial score (nSPS) is 15.0. The first-order valence-corrected chi connectivity index (χ1v) is 10.4. The van der Waals surface area contributed by atoms with Crippen LogP contribution in [0, 0.1) is 5.82 Å². The van der Waals surface area contributed by atoms with Gasteiger partial charge in [0.05, 0.1) is 10.2 Å². The van der Waals surface area contributed by atoms with Crippen LogP contribution in [0.15, 0.2) is 47.3 Å². The maximum absolute atomic E-state index is 13.1. The Kier molecular flexibility index (Phi) is 5.64. The highest BCUT2D eigenvalue weighted by Gasteiger charge is 2.18. The molecule has 0 saturated carbocycles. The van der Waals surface area contributed by atoms with Gasteiger partial charge in [0, 0.05) is 57.6 Å². The number of carbonyl (C=O) groups is 1. The summed E-state index contributed by atoms with van der Waals surface area (Å²) in [7, 11) is 1.75. The lowest BCUT2D eigenvalue weighted by Crippen LogP contribution is -2.47. The van der Waals surface area contributed by atoms with E-state index >= 15 is 0 Å². The van der Waals surface area contributed by atoms with E-state index in [-0.39, 0.29) is 16.6 Å². The van der Waals surface area contributed by atoms with Gasteiger partial charge in [0.25, 0.3) is 0 Å². The summed E-state index contributed by atoms with van der Waals surface area (Å²) in [4.78, 5) is 28.6. The van der Waals surface area contributed by atoms with Crippen molar-refractivity contribution in [1.82, 2.24) is 9.47 Å². The number of benzene rings is 2. The van der Waals surface area contributed by atoms with Gasteiger partial charge in [0.2, 0.25) is 5.91 Å². The highest BCUT2D eigenvalue weighted by atomic mass is 32.1. The van der Waals surface area contributed by atoms with Gasteiger partial charge in [-0.25, -0.2) is 4.39 Å². The minimum Gasteiger partial charge on any atom is -0.369 e. The van der Waals surface area contributed by atoms with Crippen molar-refractivity contribution in [3.8, 4) is 0 Å². The molecule has 29 heavy (non-hydrogen) atoms. The summed E-state index contributed by atoms with van der Waals surface area (Å²) in [5, 5.41) is 2.93. The fourth-order valence-electron chi connectivity index (χ4n) is 3.58. The number of hydrogen-bond acceptors (Lipinski definition) is 5. The van der Waals surface area contributed by atoms with Gasteiger partial charge in [-0.05, 0) is 42.5 Å². The van der Waals surface area contributed by atoms with Gasteiger partial charge in [0.1, 0.15) is 5.82 Å². The van der Waals surface area contributed by atoms with E-state index in [9.17, 15) is 14.0 Å². The molecule has 0 aliphatic carbocycles. The van der Waals surface area contributed by atoms with E-state index < -0.39 is 0 Å². The molecule has 1 amide bonds. The first-order valence-electron chi connectivity index (χ1n) is 9.62. The third-order valence-corrected chi connectivity index (χ3v) is 6.29. The van der Waals surface area contributed by atoms with Crippen LogP contribution in [0.1, 0.15) is 6.42 Å². The number of nitrogens with zero attached hydrogens (tertiary/aromatic N) is 3. The number of aryl methyl sites for hydroxylation is 1. The average Bonchev–Trinajstić information content (AvgIpc) is 3.00. The predicted octanol–water partition coefficient (Wildman–Crippen LogP) is 2.89. The van der Waals surface area contributed by atoms with Crippen LogP contribution in [-0.2, 0) is 11.8 Å². The van der Waals surface area contributed by atoms with Crippen LogP contribution in [0.2, 0.25) is 0 Å². The van der Waals surface area contributed by atoms with Gasteiger partial charge in [-0.2, -0.15) is 0 Å². The largest absolute Gasteiger partial charge is 0.369 e. The van der Waals surface area contributed by atoms with E-state index in [1.807, 2.05) is 18.2 Å². The van der Waals surface area contributed by atoms with Crippen molar-refractivity contribution < 1.29 is 9.18 Å². The Balaban J connectivity index is 1.26. The molecule has 8 heteroatoms. The van der Waals surface area contributed by atoms with Crippen molar-refractivity contribution in [2.45, 2.75) is 6.42 Å². The van der Waals surface area contributed by atoms with E-state index in [0.717, 1.165) is 42.1 Å². The van der Waals surface area contributed by atoms with Crippen molar-refractivity contribution in [2.75, 3.05) is 42.9 Å². The number of amides is 1. The number of thiazole rings is 1. The molecule has 2 aromatic carbocycles. The van der Waals surface area contributed by atoms with Gasteiger partial charge in [0.15, 0.2) is 0 Å². The molecule has 1 N–H and O–H groups in total. The fraction of sp³-hybridized carbons (Fsp3) is 0.333. The SMILES string of the molecule is Cn1c(=O)sc2cc(NC(=O)CCN3CCN(c4ccc(F)cc4)CC3)ccc21. The lowest BCUT2D eigenvalue weighted by molar-refractivity contribution is -0.116. The molecule has 0 spiro atoms. The summed E-state index contributed by atoms with van der Waals surface area (Å²) >= 11 is 1.18. The third kappa shape index (κ3) is 4.49. The van der Waals surface area contributed by atoms with Crippen LogP contribution in [0.3, 0.4) is 0 Å². The Hall–Kier alpha value is -2.71. The Morgan fingerprint density at radius 2 is 1.83 bits per heavy atom. The third-order valence-electron chi connectivity index (χ3n) is 5.30. The predicted molar refractivity (Wildman–Crippen MR) is 115 cm³/mol. The Labute approximate surface area is 172 Å². The monoisotopic (exact) mass is 414 g/mol. The molecular formula is C21H23FN4O2S. The molecule has 1 aliphatic heterocycles. The van der Waals surface area contributed by atoms with E-state index in [1.54, 1.807) is 23.7 Å². The molecule has 1 aromatic heterocycles. The summed E-state index contributed by atoms with van der Waals surface area (Å²) < 4.78 is 15.5. The van der Waals surface area contributed by atoms with Crippen molar-refractivity contribution in [3.05, 3.63) is 57.9 Å². The molecule has 1 saturated heterocycles. The second-order valence-electron chi connectivity index (χ2n) is 7.21. The van der Waals surface area contributed by atoms with E-state index in [0.29, 0.717) is 18.7 Å². The smallest absolute Gasteiger partial charge is 0.307 e. The zero-order valence-corrected chi connectivity index (χ0v) is 17.0. The van der Waals surface area contributed by atoms with Gasteiger partial charge < -0.3 is 14.8 Å². The zero-order valence-electron chi connectivity index (χ0n) is 16.2. The number of hydrogen-bond donors (Lipinski definition) is 1. The van der Waals surface area contributed by atoms with Crippen molar-refractivity contribution in [1.29, 1.82) is 0 Å². The summed E-state index contributed by atoms with van der Waals surface area (Å²) in [5.74, 6) is -0.257.